The molecule has 574 valence electrons. The van der Waals surface area contributed by atoms with Crippen LogP contribution in [0.2, 0.25) is 0 Å². The van der Waals surface area contributed by atoms with Crippen molar-refractivity contribution in [2.24, 2.45) is 17.2 Å². The number of unbranched alkanes of at least 4 members (excludes halogenated alkanes) is 1. The molecule has 0 bridgehead atoms. The molecule has 6 amide bonds. The maximum Gasteiger partial charge on any atom is 0.246 e. The summed E-state index contributed by atoms with van der Waals surface area (Å²) in [7, 11) is 4.81. The molecular weight excluding hydrogens is 1330 g/mol. The van der Waals surface area contributed by atoms with Crippen molar-refractivity contribution in [1.29, 1.82) is 0 Å². The van der Waals surface area contributed by atoms with E-state index in [9.17, 15) is 68.1 Å². The van der Waals surface area contributed by atoms with E-state index in [1.54, 1.807) is 52.5 Å². The van der Waals surface area contributed by atoms with Crippen molar-refractivity contribution in [1.82, 2.24) is 42.5 Å². The van der Waals surface area contributed by atoms with E-state index in [-0.39, 0.29) is 138 Å². The van der Waals surface area contributed by atoms with Crippen LogP contribution in [0.5, 0.6) is 11.5 Å². The highest BCUT2D eigenvalue weighted by atomic mass is 16.5. The largest absolute Gasteiger partial charge is 0.508 e. The zero-order valence-electron chi connectivity index (χ0n) is 59.1. The van der Waals surface area contributed by atoms with Gasteiger partial charge in [-0.15, -0.1) is 0 Å². The van der Waals surface area contributed by atoms with Crippen LogP contribution in [0.1, 0.15) is 64.0 Å². The second-order valence-electron chi connectivity index (χ2n) is 22.6. The van der Waals surface area contributed by atoms with Gasteiger partial charge in [-0.2, -0.15) is 0 Å². The predicted molar refractivity (Wildman–Crippen MR) is 367 cm³/mol. The van der Waals surface area contributed by atoms with Gasteiger partial charge in [0, 0.05) is 40.3 Å². The highest BCUT2D eigenvalue weighted by Gasteiger charge is 2.26. The Morgan fingerprint density at radius 1 is 0.465 bits per heavy atom. The number of phenolic OH excluding ortho intramolecular Hbond substituents is 2. The maximum absolute atomic E-state index is 13.0. The maximum atomic E-state index is 13.0. The number of rotatable bonds is 60. The van der Waals surface area contributed by atoms with Gasteiger partial charge in [-0.1, -0.05) is 24.3 Å². The lowest BCUT2D eigenvalue weighted by Gasteiger charge is -2.21. The lowest BCUT2D eigenvalue weighted by molar-refractivity contribution is -0.130. The lowest BCUT2D eigenvalue weighted by Crippen LogP contribution is -2.52. The fourth-order valence-corrected chi connectivity index (χ4v) is 8.06. The van der Waals surface area contributed by atoms with E-state index >= 15 is 0 Å². The Morgan fingerprint density at radius 3 is 1.39 bits per heavy atom. The molecule has 0 fully saturated rings. The number of aliphatic hydroxyl groups is 2. The van der Waals surface area contributed by atoms with Crippen LogP contribution in [-0.4, -0.2) is 300 Å². The Kier molecular flexibility index (Phi) is 55.8. The van der Waals surface area contributed by atoms with Gasteiger partial charge in [-0.3, -0.25) is 63.4 Å². The van der Waals surface area contributed by atoms with Crippen LogP contribution in [0, 0.1) is 0 Å². The molecule has 101 heavy (non-hydrogen) atoms. The number of hydrogen-bond acceptors (Lipinski definition) is 29. The van der Waals surface area contributed by atoms with E-state index in [4.69, 9.17) is 64.9 Å². The number of carbonyl (C=O) groups excluding carboxylic acids is 11. The Bertz CT molecular complexity index is 2670. The second kappa shape index (κ2) is 60.2. The number of nitrogens with two attached hydrogens (primary N) is 3. The molecule has 0 unspecified atom stereocenters. The quantitative estimate of drug-likeness (QED) is 0.0276. The normalized spacial score (nSPS) is 13.0. The number of benzene rings is 2. The highest BCUT2D eigenvalue weighted by Crippen LogP contribution is 2.13. The fourth-order valence-electron chi connectivity index (χ4n) is 8.06. The second-order valence-corrected chi connectivity index (χ2v) is 22.6. The number of aliphatic hydroxyl groups excluding tert-OH is 2. The molecule has 0 heterocycles. The van der Waals surface area contributed by atoms with Crippen molar-refractivity contribution in [3.05, 3.63) is 59.7 Å². The van der Waals surface area contributed by atoms with Crippen molar-refractivity contribution in [2.45, 2.75) is 108 Å². The fraction of sp³-hybridized carbons (Fsp3) is 0.652. The monoisotopic (exact) mass is 1440 g/mol. The number of nitrogens with one attached hydrogen (secondary N) is 8. The minimum Gasteiger partial charge on any atom is -0.508 e. The third-order valence-corrected chi connectivity index (χ3v) is 14.2. The van der Waals surface area contributed by atoms with E-state index in [0.717, 1.165) is 11.1 Å². The number of ketones is 5. The van der Waals surface area contributed by atoms with Crippen molar-refractivity contribution in [3.8, 4) is 11.5 Å². The highest BCUT2D eigenvalue weighted by molar-refractivity contribution is 5.93. The molecule has 0 saturated heterocycles. The van der Waals surface area contributed by atoms with Crippen molar-refractivity contribution >= 4 is 64.4 Å². The number of ether oxygens (including phenoxy) is 9. The standard InChI is InChI=1S/C37H62N6O13.C21H32N2O8.C8H17N3O3/c1-26(43-37(51)30(38)20-27-8-10-28(45)11-9-27)33(47)21-41-31(34(48)22-42-32(23-44)36(39)50)7-3-4-12-40-35(49)25-56-19-16-53-13-5-6-29(46)24-55-18-17-54-15-14-52-2;1-16(24)19(13-17-3-5-18(25)6-4-17)23-21(27)15-31-12-11-29-8-7-22-20(26)14-30-10-9-28-2;1-5(10-2)7(13)3-11-6(4-12)8(9)14/h8-11,26,30-32,41-42,44-45H,3-7,12-25,38H2,1-2H3,(H2,39,50)(H,40,49)(H,43,51);3-6,19,25H,7-15H2,1-2H3,(H,22,26)(H,23,27);5-6,10-12H,3-4H2,1-2H3,(H2,9,14)/t26-,30+,31+,32+;19-;5-,6+/m101/s1. The van der Waals surface area contributed by atoms with E-state index in [1.165, 1.54) is 38.1 Å². The van der Waals surface area contributed by atoms with Gasteiger partial charge in [-0.25, -0.2) is 0 Å². The van der Waals surface area contributed by atoms with Gasteiger partial charge in [0.2, 0.25) is 35.4 Å². The minimum absolute atomic E-state index is 0.0101. The first-order valence-electron chi connectivity index (χ1n) is 33.1. The number of amides is 6. The van der Waals surface area contributed by atoms with Crippen LogP contribution >= 0.6 is 0 Å². The first-order valence-corrected chi connectivity index (χ1v) is 33.1. The first-order chi connectivity index (χ1) is 48.3. The number of methoxy groups -OCH3 is 2. The van der Waals surface area contributed by atoms with Crippen LogP contribution in [0.25, 0.3) is 0 Å². The Hall–Kier alpha value is -7.43. The molecule has 0 aromatic heterocycles. The van der Waals surface area contributed by atoms with Gasteiger partial charge in [0.15, 0.2) is 28.9 Å². The molecule has 35 nitrogen and oxygen atoms in total. The molecule has 0 aliphatic rings. The van der Waals surface area contributed by atoms with E-state index in [1.807, 2.05) is 0 Å². The molecule has 0 aliphatic heterocycles. The van der Waals surface area contributed by atoms with Gasteiger partial charge >= 0.3 is 0 Å². The molecular formula is C66H111N11O24. The lowest BCUT2D eigenvalue weighted by atomic mass is 10.0. The number of likely N-dealkylation sites (N-methyl/N-ethyl adjacent to an activating group) is 1. The van der Waals surface area contributed by atoms with Crippen LogP contribution < -0.4 is 59.7 Å². The van der Waals surface area contributed by atoms with Gasteiger partial charge in [-0.05, 0) is 102 Å². The molecule has 2 aromatic rings. The smallest absolute Gasteiger partial charge is 0.246 e. The molecule has 7 atom stereocenters. The van der Waals surface area contributed by atoms with Crippen molar-refractivity contribution in [3.63, 3.8) is 0 Å². The van der Waals surface area contributed by atoms with Gasteiger partial charge in [0.25, 0.3) is 0 Å². The average molecular weight is 1440 g/mol. The third-order valence-electron chi connectivity index (χ3n) is 14.2. The molecule has 35 heteroatoms. The van der Waals surface area contributed by atoms with Crippen molar-refractivity contribution < 1.29 is 116 Å². The van der Waals surface area contributed by atoms with E-state index < -0.39 is 78.9 Å². The third kappa shape index (κ3) is 50.5. The summed E-state index contributed by atoms with van der Waals surface area (Å²) < 4.78 is 46.6. The van der Waals surface area contributed by atoms with Gasteiger partial charge < -0.3 is 112 Å². The zero-order chi connectivity index (χ0) is 75.6. The topological polar surface area (TPSA) is 526 Å². The Labute approximate surface area is 590 Å². The zero-order valence-corrected chi connectivity index (χ0v) is 59.1. The summed E-state index contributed by atoms with van der Waals surface area (Å²) in [5, 5.41) is 58.3. The summed E-state index contributed by atoms with van der Waals surface area (Å²) in [6.07, 6.45) is 2.63. The van der Waals surface area contributed by atoms with Crippen LogP contribution in [0.15, 0.2) is 48.5 Å². The minimum atomic E-state index is -1.13. The molecule has 18 N–H and O–H groups in total. The van der Waals surface area contributed by atoms with Crippen LogP contribution in [0.3, 0.4) is 0 Å². The molecule has 0 radical (unpaired) electrons. The number of primary amides is 2. The van der Waals surface area contributed by atoms with Gasteiger partial charge in [0.1, 0.15) is 50.0 Å². The van der Waals surface area contributed by atoms with Crippen LogP contribution in [0.4, 0.5) is 0 Å². The Morgan fingerprint density at radius 2 is 0.891 bits per heavy atom. The Balaban J connectivity index is 0.00000184. The summed E-state index contributed by atoms with van der Waals surface area (Å²) >= 11 is 0. The number of hydrogen-bond donors (Lipinski definition) is 15. The summed E-state index contributed by atoms with van der Waals surface area (Å²) in [6.45, 7) is 7.37. The summed E-state index contributed by atoms with van der Waals surface area (Å²) in [5.74, 6) is -3.88. The van der Waals surface area contributed by atoms with Crippen LogP contribution in [-0.2, 0) is 108 Å². The SMILES string of the molecule is CN[C@H](C)C(=O)CN[C@@H](CO)C(N)=O.COCCOCC(=O)NCCOCCOCC(=O)N[C@@H](Cc1ccc(O)cc1)C(C)=O.COCCOCCOCC(=O)CCCOCCOCC(=O)NCCCC[C@H](NCC(=O)[C@@H](C)NC(=O)[C@@H](N)Cc1ccc(O)cc1)C(=O)CN[C@@H](CO)C(N)=O. The van der Waals surface area contributed by atoms with Gasteiger partial charge in [0.05, 0.1) is 136 Å². The molecule has 0 aliphatic carbocycles. The van der Waals surface area contributed by atoms with E-state index in [0.29, 0.717) is 98.0 Å². The summed E-state index contributed by atoms with van der Waals surface area (Å²) in [6, 6.07) is 7.06. The van der Waals surface area contributed by atoms with Crippen molar-refractivity contribution in [2.75, 3.05) is 173 Å². The first kappa shape index (κ1) is 93.6. The summed E-state index contributed by atoms with van der Waals surface area (Å²) in [5.41, 5.74) is 17.7. The molecule has 0 saturated carbocycles. The van der Waals surface area contributed by atoms with E-state index in [2.05, 4.69) is 42.5 Å². The molecule has 2 rings (SSSR count). The number of Topliss-reactive ketones (excluding diaryl/α,β-unsaturated/α-hetero) is 5. The average Bonchev–Trinajstić information content (AvgIpc) is 0.919. The molecule has 0 spiro atoms. The number of phenols is 2. The summed E-state index contributed by atoms with van der Waals surface area (Å²) in [4.78, 5) is 131. The molecule has 2 aromatic carbocycles. The number of carbonyl (C=O) groups is 11. The number of aromatic hydroxyl groups is 2. The predicted octanol–water partition coefficient (Wildman–Crippen LogP) is -4.93.